The molecule has 0 aliphatic heterocycles. The maximum Gasteiger partial charge on any atom is 0.227 e. The number of hydrogen-bond donors (Lipinski definition) is 2. The second kappa shape index (κ2) is 9.45. The Bertz CT molecular complexity index is 887. The second-order valence-electron chi connectivity index (χ2n) is 7.52. The molecule has 1 aliphatic rings. The van der Waals surface area contributed by atoms with Crippen LogP contribution in [0, 0.1) is 17.7 Å². The lowest BCUT2D eigenvalue weighted by Crippen LogP contribution is -2.35. The van der Waals surface area contributed by atoms with E-state index < -0.39 is 0 Å². The zero-order chi connectivity index (χ0) is 20.8. The molecule has 2 N–H and O–H groups in total. The van der Waals surface area contributed by atoms with E-state index in [0.29, 0.717) is 43.5 Å². The fourth-order valence-corrected chi connectivity index (χ4v) is 3.61. The first-order chi connectivity index (χ1) is 13.9. The summed E-state index contributed by atoms with van der Waals surface area (Å²) in [6, 6.07) is 12.9. The molecule has 2 amide bonds. The van der Waals surface area contributed by atoms with Crippen molar-refractivity contribution in [3.8, 4) is 0 Å². The third-order valence-electron chi connectivity index (χ3n) is 5.39. The molecule has 0 saturated heterocycles. The van der Waals surface area contributed by atoms with Crippen molar-refractivity contribution in [2.24, 2.45) is 11.8 Å². The minimum absolute atomic E-state index is 0.0256. The summed E-state index contributed by atoms with van der Waals surface area (Å²) in [5.74, 6) is -0.700. The Morgan fingerprint density at radius 3 is 2.17 bits per heavy atom. The highest BCUT2D eigenvalue weighted by Gasteiger charge is 2.29. The molecule has 2 aromatic rings. The first-order valence-electron chi connectivity index (χ1n) is 9.86. The highest BCUT2D eigenvalue weighted by atomic mass is 19.1. The van der Waals surface area contributed by atoms with Gasteiger partial charge in [0.2, 0.25) is 11.8 Å². The van der Waals surface area contributed by atoms with Gasteiger partial charge in [-0.3, -0.25) is 14.4 Å². The Morgan fingerprint density at radius 2 is 1.55 bits per heavy atom. The summed E-state index contributed by atoms with van der Waals surface area (Å²) in [5.41, 5.74) is 2.02. The summed E-state index contributed by atoms with van der Waals surface area (Å²) >= 11 is 0. The van der Waals surface area contributed by atoms with Gasteiger partial charge in [-0.1, -0.05) is 24.3 Å². The molecule has 0 radical (unpaired) electrons. The van der Waals surface area contributed by atoms with Crippen molar-refractivity contribution in [2.45, 2.75) is 39.2 Å². The molecular formula is C23H25FN2O3. The molecule has 2 aromatic carbocycles. The van der Waals surface area contributed by atoms with Crippen molar-refractivity contribution < 1.29 is 18.8 Å². The molecule has 0 aromatic heterocycles. The van der Waals surface area contributed by atoms with Crippen molar-refractivity contribution in [2.75, 3.05) is 5.32 Å². The molecule has 1 saturated carbocycles. The van der Waals surface area contributed by atoms with Crippen LogP contribution in [0.4, 0.5) is 10.1 Å². The Morgan fingerprint density at radius 1 is 0.931 bits per heavy atom. The highest BCUT2D eigenvalue weighted by Crippen LogP contribution is 2.30. The van der Waals surface area contributed by atoms with Crippen LogP contribution in [0.3, 0.4) is 0 Å². The van der Waals surface area contributed by atoms with Crippen LogP contribution in [0.1, 0.15) is 48.5 Å². The van der Waals surface area contributed by atoms with Gasteiger partial charge >= 0.3 is 0 Å². The minimum atomic E-state index is -0.301. The van der Waals surface area contributed by atoms with Gasteiger partial charge in [-0.15, -0.1) is 0 Å². The molecule has 0 heterocycles. The summed E-state index contributed by atoms with van der Waals surface area (Å²) in [7, 11) is 0. The predicted octanol–water partition coefficient (Wildman–Crippen LogP) is 4.09. The van der Waals surface area contributed by atoms with Gasteiger partial charge in [0.25, 0.3) is 0 Å². The third-order valence-corrected chi connectivity index (χ3v) is 5.39. The molecule has 5 nitrogen and oxygen atoms in total. The van der Waals surface area contributed by atoms with E-state index in [4.69, 9.17) is 0 Å². The molecule has 0 bridgehead atoms. The van der Waals surface area contributed by atoms with E-state index in [-0.39, 0.29) is 35.3 Å². The van der Waals surface area contributed by atoms with Crippen LogP contribution in [0.15, 0.2) is 48.5 Å². The average Bonchev–Trinajstić information content (AvgIpc) is 2.73. The average molecular weight is 396 g/mol. The molecule has 152 valence electrons. The van der Waals surface area contributed by atoms with Gasteiger partial charge < -0.3 is 10.6 Å². The Balaban J connectivity index is 1.46. The van der Waals surface area contributed by atoms with E-state index in [0.717, 1.165) is 5.56 Å². The number of nitrogens with one attached hydrogen (secondary N) is 2. The predicted molar refractivity (Wildman–Crippen MR) is 109 cm³/mol. The molecule has 6 heteroatoms. The Labute approximate surface area is 169 Å². The van der Waals surface area contributed by atoms with E-state index in [1.165, 1.54) is 19.1 Å². The summed E-state index contributed by atoms with van der Waals surface area (Å²) in [6.07, 6.45) is 2.60. The number of carbonyl (C=O) groups excluding carboxylic acids is 3. The Kier molecular flexibility index (Phi) is 6.75. The maximum atomic E-state index is 12.9. The third kappa shape index (κ3) is 5.73. The number of halogens is 1. The van der Waals surface area contributed by atoms with Gasteiger partial charge in [-0.2, -0.15) is 0 Å². The molecule has 1 fully saturated rings. The van der Waals surface area contributed by atoms with Crippen LogP contribution in [-0.4, -0.2) is 17.6 Å². The molecule has 3 rings (SSSR count). The topological polar surface area (TPSA) is 75.3 Å². The van der Waals surface area contributed by atoms with Gasteiger partial charge in [-0.05, 0) is 62.4 Å². The summed E-state index contributed by atoms with van der Waals surface area (Å²) in [5, 5.41) is 5.77. The van der Waals surface area contributed by atoms with Crippen molar-refractivity contribution in [3.05, 3.63) is 65.5 Å². The van der Waals surface area contributed by atoms with Crippen molar-refractivity contribution >= 4 is 23.3 Å². The monoisotopic (exact) mass is 396 g/mol. The highest BCUT2D eigenvalue weighted by molar-refractivity contribution is 5.97. The van der Waals surface area contributed by atoms with Crippen molar-refractivity contribution in [1.29, 1.82) is 0 Å². The van der Waals surface area contributed by atoms with Gasteiger partial charge in [-0.25, -0.2) is 4.39 Å². The molecule has 29 heavy (non-hydrogen) atoms. The number of benzene rings is 2. The van der Waals surface area contributed by atoms with Crippen LogP contribution in [0.5, 0.6) is 0 Å². The van der Waals surface area contributed by atoms with E-state index >= 15 is 0 Å². The molecule has 0 atom stereocenters. The van der Waals surface area contributed by atoms with Gasteiger partial charge in [0.05, 0.1) is 0 Å². The lowest BCUT2D eigenvalue weighted by molar-refractivity contribution is -0.128. The maximum absolute atomic E-state index is 12.9. The zero-order valence-corrected chi connectivity index (χ0v) is 16.4. The summed E-state index contributed by atoms with van der Waals surface area (Å²) < 4.78 is 12.9. The van der Waals surface area contributed by atoms with Crippen LogP contribution >= 0.6 is 0 Å². The SMILES string of the molecule is CC(=O)c1cccc(NC(=O)C2CCC(C(=O)NCc3ccc(F)cc3)CC2)c1. The van der Waals surface area contributed by atoms with Gasteiger partial charge in [0.1, 0.15) is 5.82 Å². The number of Topliss-reactive ketones (excluding diaryl/α,β-unsaturated/α-hetero) is 1. The minimum Gasteiger partial charge on any atom is -0.352 e. The molecule has 0 unspecified atom stereocenters. The molecule has 0 spiro atoms. The first-order valence-corrected chi connectivity index (χ1v) is 9.86. The second-order valence-corrected chi connectivity index (χ2v) is 7.52. The number of anilines is 1. The van der Waals surface area contributed by atoms with Crippen LogP contribution in [0.2, 0.25) is 0 Å². The first kappa shape index (κ1) is 20.7. The smallest absolute Gasteiger partial charge is 0.227 e. The lowest BCUT2D eigenvalue weighted by Gasteiger charge is -2.27. The van der Waals surface area contributed by atoms with E-state index in [1.807, 2.05) is 0 Å². The normalized spacial score (nSPS) is 18.7. The van der Waals surface area contributed by atoms with Crippen LogP contribution < -0.4 is 10.6 Å². The van der Waals surface area contributed by atoms with E-state index in [9.17, 15) is 18.8 Å². The van der Waals surface area contributed by atoms with Crippen molar-refractivity contribution in [1.82, 2.24) is 5.32 Å². The van der Waals surface area contributed by atoms with E-state index in [1.54, 1.807) is 36.4 Å². The molecule has 1 aliphatic carbocycles. The summed E-state index contributed by atoms with van der Waals surface area (Å²) in [4.78, 5) is 36.4. The van der Waals surface area contributed by atoms with Crippen LogP contribution in [0.25, 0.3) is 0 Å². The largest absolute Gasteiger partial charge is 0.352 e. The van der Waals surface area contributed by atoms with Gasteiger partial charge in [0.15, 0.2) is 5.78 Å². The zero-order valence-electron chi connectivity index (χ0n) is 16.4. The molecular weight excluding hydrogens is 371 g/mol. The number of hydrogen-bond acceptors (Lipinski definition) is 3. The lowest BCUT2D eigenvalue weighted by atomic mass is 9.81. The van der Waals surface area contributed by atoms with E-state index in [2.05, 4.69) is 10.6 Å². The Hall–Kier alpha value is -3.02. The number of amides is 2. The quantitative estimate of drug-likeness (QED) is 0.722. The summed E-state index contributed by atoms with van der Waals surface area (Å²) in [6.45, 7) is 1.86. The van der Waals surface area contributed by atoms with Gasteiger partial charge in [0, 0.05) is 29.6 Å². The fourth-order valence-electron chi connectivity index (χ4n) is 3.61. The standard InChI is InChI=1S/C23H25FN2O3/c1-15(27)19-3-2-4-21(13-19)26-23(29)18-9-7-17(8-10-18)22(28)25-14-16-5-11-20(24)12-6-16/h2-6,11-13,17-18H,7-10,14H2,1H3,(H,25,28)(H,26,29). The number of rotatable bonds is 6. The number of carbonyl (C=O) groups is 3. The number of ketones is 1. The fraction of sp³-hybridized carbons (Fsp3) is 0.348. The van der Waals surface area contributed by atoms with Crippen LogP contribution in [-0.2, 0) is 16.1 Å². The van der Waals surface area contributed by atoms with Crippen molar-refractivity contribution in [3.63, 3.8) is 0 Å².